The lowest BCUT2D eigenvalue weighted by Crippen LogP contribution is -2.48. The van der Waals surface area contributed by atoms with Crippen molar-refractivity contribution in [3.63, 3.8) is 0 Å². The fourth-order valence-corrected chi connectivity index (χ4v) is 3.72. The number of piperidine rings is 1. The summed E-state index contributed by atoms with van der Waals surface area (Å²) in [5.74, 6) is 0.650. The Bertz CT molecular complexity index is 587. The maximum absolute atomic E-state index is 12.8. The summed E-state index contributed by atoms with van der Waals surface area (Å²) in [7, 11) is 0. The van der Waals surface area contributed by atoms with Gasteiger partial charge in [-0.2, -0.15) is 0 Å². The second kappa shape index (κ2) is 6.08. The highest BCUT2D eigenvalue weighted by atomic mass is 16.2. The molecule has 2 atom stereocenters. The van der Waals surface area contributed by atoms with E-state index in [1.165, 1.54) is 0 Å². The van der Waals surface area contributed by atoms with Gasteiger partial charge in [0.1, 0.15) is 0 Å². The average molecular weight is 301 g/mol. The van der Waals surface area contributed by atoms with Gasteiger partial charge in [-0.05, 0) is 36.5 Å². The van der Waals surface area contributed by atoms with Gasteiger partial charge in [0.15, 0.2) is 0 Å². The van der Waals surface area contributed by atoms with Crippen LogP contribution in [0, 0.1) is 5.92 Å². The number of fused-ring (bicyclic) bond motifs is 1. The van der Waals surface area contributed by atoms with E-state index in [-0.39, 0.29) is 17.9 Å². The lowest BCUT2D eigenvalue weighted by molar-refractivity contribution is -0.130. The van der Waals surface area contributed by atoms with E-state index >= 15 is 0 Å². The highest BCUT2D eigenvalue weighted by Gasteiger charge is 2.41. The number of rotatable bonds is 2. The Kier molecular flexibility index (Phi) is 4.16. The lowest BCUT2D eigenvalue weighted by Gasteiger charge is -2.37. The Morgan fingerprint density at radius 2 is 2.09 bits per heavy atom. The van der Waals surface area contributed by atoms with Gasteiger partial charge in [0.2, 0.25) is 5.91 Å². The molecule has 1 aromatic rings. The van der Waals surface area contributed by atoms with E-state index in [0.717, 1.165) is 43.6 Å². The minimum absolute atomic E-state index is 0.0964. The zero-order valence-electron chi connectivity index (χ0n) is 13.0. The fraction of sp³-hybridized carbons (Fsp3) is 0.529. The van der Waals surface area contributed by atoms with Crippen LogP contribution in [0.1, 0.15) is 35.7 Å². The number of benzene rings is 1. The highest BCUT2D eigenvalue weighted by molar-refractivity contribution is 5.94. The van der Waals surface area contributed by atoms with E-state index in [0.29, 0.717) is 12.5 Å². The van der Waals surface area contributed by atoms with Crippen molar-refractivity contribution in [1.82, 2.24) is 9.80 Å². The molecule has 118 valence electrons. The molecule has 2 N–H and O–H groups in total. The molecule has 0 unspecified atom stereocenters. The number of likely N-dealkylation sites (tertiary alicyclic amines) is 2. The molecule has 2 aliphatic rings. The molecule has 0 bridgehead atoms. The summed E-state index contributed by atoms with van der Waals surface area (Å²) in [6, 6.07) is 7.85. The van der Waals surface area contributed by atoms with E-state index in [4.69, 9.17) is 5.73 Å². The molecule has 22 heavy (non-hydrogen) atoms. The van der Waals surface area contributed by atoms with Crippen LogP contribution in [0.25, 0.3) is 0 Å². The first-order chi connectivity index (χ1) is 10.6. The van der Waals surface area contributed by atoms with Gasteiger partial charge >= 0.3 is 0 Å². The molecule has 1 aromatic carbocycles. The second-order valence-corrected chi connectivity index (χ2v) is 6.27. The third-order valence-electron chi connectivity index (χ3n) is 4.95. The van der Waals surface area contributed by atoms with Crippen molar-refractivity contribution in [3.05, 3.63) is 35.4 Å². The largest absolute Gasteiger partial charge is 0.343 e. The van der Waals surface area contributed by atoms with Gasteiger partial charge in [0, 0.05) is 44.7 Å². The summed E-state index contributed by atoms with van der Waals surface area (Å²) in [5.41, 5.74) is 7.36. The zero-order chi connectivity index (χ0) is 15.7. The molecule has 0 radical (unpaired) electrons. The predicted octanol–water partition coefficient (Wildman–Crippen LogP) is 1.23. The first-order valence-corrected chi connectivity index (χ1v) is 7.95. The molecule has 2 fully saturated rings. The molecule has 2 amide bonds. The molecule has 5 nitrogen and oxygen atoms in total. The first-order valence-electron chi connectivity index (χ1n) is 7.95. The normalized spacial score (nSPS) is 24.3. The summed E-state index contributed by atoms with van der Waals surface area (Å²) in [6.45, 7) is 4.39. The molecular weight excluding hydrogens is 278 g/mol. The molecule has 2 aliphatic heterocycles. The Labute approximate surface area is 131 Å². The average Bonchev–Trinajstić information content (AvgIpc) is 2.97. The van der Waals surface area contributed by atoms with Crippen LogP contribution in [0.2, 0.25) is 0 Å². The predicted molar refractivity (Wildman–Crippen MR) is 84.1 cm³/mol. The molecule has 2 heterocycles. The number of hydrogen-bond acceptors (Lipinski definition) is 3. The summed E-state index contributed by atoms with van der Waals surface area (Å²) in [6.07, 6.45) is 1.86. The second-order valence-electron chi connectivity index (χ2n) is 6.27. The van der Waals surface area contributed by atoms with Gasteiger partial charge in [0.05, 0.1) is 0 Å². The minimum atomic E-state index is 0.0964. The van der Waals surface area contributed by atoms with Crippen molar-refractivity contribution < 1.29 is 9.59 Å². The van der Waals surface area contributed by atoms with E-state index < -0.39 is 0 Å². The topological polar surface area (TPSA) is 66.6 Å². The molecular formula is C17H23N3O2. The Balaban J connectivity index is 1.73. The van der Waals surface area contributed by atoms with Crippen LogP contribution in [0.3, 0.4) is 0 Å². The van der Waals surface area contributed by atoms with Crippen molar-refractivity contribution >= 4 is 11.8 Å². The van der Waals surface area contributed by atoms with Gasteiger partial charge in [0.25, 0.3) is 5.91 Å². The van der Waals surface area contributed by atoms with Crippen molar-refractivity contribution in [3.8, 4) is 0 Å². The van der Waals surface area contributed by atoms with Gasteiger partial charge in [-0.1, -0.05) is 12.1 Å². The zero-order valence-corrected chi connectivity index (χ0v) is 13.0. The maximum Gasteiger partial charge on any atom is 0.254 e. The maximum atomic E-state index is 12.8. The first kappa shape index (κ1) is 15.0. The van der Waals surface area contributed by atoms with Crippen LogP contribution < -0.4 is 5.73 Å². The number of nitrogens with zero attached hydrogens (tertiary/aromatic N) is 2. The SMILES string of the molecule is CC(=O)N1CC[C@@H]2[C@@H](CCN2C(=O)c2cccc(CN)c2)C1. The van der Waals surface area contributed by atoms with E-state index in [2.05, 4.69) is 0 Å². The van der Waals surface area contributed by atoms with Gasteiger partial charge in [-0.25, -0.2) is 0 Å². The van der Waals surface area contributed by atoms with Crippen LogP contribution in [-0.4, -0.2) is 47.3 Å². The van der Waals surface area contributed by atoms with Crippen molar-refractivity contribution in [2.24, 2.45) is 11.7 Å². The highest BCUT2D eigenvalue weighted by Crippen LogP contribution is 2.32. The molecule has 5 heteroatoms. The number of hydrogen-bond donors (Lipinski definition) is 1. The summed E-state index contributed by atoms with van der Waals surface area (Å²) >= 11 is 0. The van der Waals surface area contributed by atoms with Crippen LogP contribution in [-0.2, 0) is 11.3 Å². The van der Waals surface area contributed by atoms with E-state index in [1.54, 1.807) is 6.92 Å². The van der Waals surface area contributed by atoms with E-state index in [1.807, 2.05) is 34.1 Å². The standard InChI is InChI=1S/C17H23N3O2/c1-12(21)19-7-6-16-15(11-19)5-8-20(16)17(22)14-4-2-3-13(9-14)10-18/h2-4,9,15-16H,5-8,10-11,18H2,1H3/t15-,16+/m0/s1. The Morgan fingerprint density at radius 3 is 2.82 bits per heavy atom. The molecule has 0 aromatic heterocycles. The summed E-state index contributed by atoms with van der Waals surface area (Å²) in [4.78, 5) is 28.2. The van der Waals surface area contributed by atoms with Gasteiger partial charge in [-0.3, -0.25) is 9.59 Å². The molecule has 0 saturated carbocycles. The van der Waals surface area contributed by atoms with Gasteiger partial charge in [-0.15, -0.1) is 0 Å². The quantitative estimate of drug-likeness (QED) is 0.893. The molecule has 3 rings (SSSR count). The summed E-state index contributed by atoms with van der Waals surface area (Å²) in [5, 5.41) is 0. The number of carbonyl (C=O) groups excluding carboxylic acids is 2. The van der Waals surface area contributed by atoms with Crippen molar-refractivity contribution in [1.29, 1.82) is 0 Å². The van der Waals surface area contributed by atoms with Crippen LogP contribution in [0.15, 0.2) is 24.3 Å². The monoisotopic (exact) mass is 301 g/mol. The van der Waals surface area contributed by atoms with Crippen LogP contribution in [0.5, 0.6) is 0 Å². The number of carbonyl (C=O) groups is 2. The third-order valence-corrected chi connectivity index (χ3v) is 4.95. The summed E-state index contributed by atoms with van der Waals surface area (Å²) < 4.78 is 0. The van der Waals surface area contributed by atoms with Gasteiger partial charge < -0.3 is 15.5 Å². The molecule has 0 aliphatic carbocycles. The lowest BCUT2D eigenvalue weighted by atomic mass is 9.92. The van der Waals surface area contributed by atoms with Crippen molar-refractivity contribution in [2.75, 3.05) is 19.6 Å². The van der Waals surface area contributed by atoms with Crippen molar-refractivity contribution in [2.45, 2.75) is 32.4 Å². The van der Waals surface area contributed by atoms with E-state index in [9.17, 15) is 9.59 Å². The fourth-order valence-electron chi connectivity index (χ4n) is 3.72. The molecule has 0 spiro atoms. The van der Waals surface area contributed by atoms with Crippen LogP contribution >= 0.6 is 0 Å². The molecule has 2 saturated heterocycles. The minimum Gasteiger partial charge on any atom is -0.343 e. The Morgan fingerprint density at radius 1 is 1.27 bits per heavy atom. The number of amides is 2. The number of nitrogens with two attached hydrogens (primary N) is 1. The van der Waals surface area contributed by atoms with Crippen LogP contribution in [0.4, 0.5) is 0 Å². The Hall–Kier alpha value is -1.88. The third kappa shape index (κ3) is 2.73. The smallest absolute Gasteiger partial charge is 0.254 e.